The van der Waals surface area contributed by atoms with Gasteiger partial charge in [0.05, 0.1) is 12.8 Å². The normalized spacial score (nSPS) is 20.5. The van der Waals surface area contributed by atoms with E-state index in [2.05, 4.69) is 21.1 Å². The maximum atomic E-state index is 12.5. The van der Waals surface area contributed by atoms with E-state index in [-0.39, 0.29) is 11.9 Å². The van der Waals surface area contributed by atoms with Gasteiger partial charge in [0.25, 0.3) is 0 Å². The second-order valence-electron chi connectivity index (χ2n) is 6.37. The first-order valence-corrected chi connectivity index (χ1v) is 10.7. The van der Waals surface area contributed by atoms with Crippen molar-refractivity contribution < 1.29 is 13.2 Å². The summed E-state index contributed by atoms with van der Waals surface area (Å²) in [6.45, 7) is 3.49. The molecule has 0 radical (unpaired) electrons. The predicted octanol–water partition coefficient (Wildman–Crippen LogP) is 0.646. The molecular weight excluding hydrogens is 334 g/mol. The van der Waals surface area contributed by atoms with Crippen LogP contribution in [0.5, 0.6) is 0 Å². The Balaban J connectivity index is 1.47. The molecule has 1 fully saturated rings. The van der Waals surface area contributed by atoms with Crippen molar-refractivity contribution in [3.63, 3.8) is 0 Å². The molecule has 1 aromatic heterocycles. The Bertz CT molecular complexity index is 663. The van der Waals surface area contributed by atoms with Gasteiger partial charge >= 0.3 is 0 Å². The van der Waals surface area contributed by atoms with Crippen molar-refractivity contribution >= 4 is 27.3 Å². The van der Waals surface area contributed by atoms with Crippen LogP contribution in [-0.2, 0) is 27.8 Å². The molecule has 0 atom stereocenters. The number of nitrogens with one attached hydrogen (secondary N) is 1. The minimum absolute atomic E-state index is 0.000275. The van der Waals surface area contributed by atoms with Crippen LogP contribution in [0, 0.1) is 0 Å². The molecule has 0 aliphatic carbocycles. The fourth-order valence-corrected chi connectivity index (χ4v) is 5.00. The van der Waals surface area contributed by atoms with E-state index in [0.29, 0.717) is 6.54 Å². The lowest BCUT2D eigenvalue weighted by atomic mass is 10.1. The minimum atomic E-state index is -3.15. The number of carbonyl (C=O) groups is 1. The van der Waals surface area contributed by atoms with E-state index < -0.39 is 10.0 Å². The van der Waals surface area contributed by atoms with Crippen LogP contribution >= 0.6 is 11.3 Å². The molecule has 8 heteroatoms. The molecule has 1 aromatic rings. The lowest BCUT2D eigenvalue weighted by molar-refractivity contribution is -0.133. The topological polar surface area (TPSA) is 69.7 Å². The van der Waals surface area contributed by atoms with Gasteiger partial charge in [-0.3, -0.25) is 9.69 Å². The molecule has 0 aromatic carbocycles. The monoisotopic (exact) mass is 357 g/mol. The number of piperidine rings is 1. The van der Waals surface area contributed by atoms with Crippen molar-refractivity contribution in [2.75, 3.05) is 32.4 Å². The standard InChI is InChI=1S/C15H23N3O3S2/c1-23(20,21)16-13-2-6-17(7-3-13)11-15(19)18-8-4-14-12(10-18)5-9-22-14/h5,9,13,16H,2-4,6-8,10-11H2,1H3. The highest BCUT2D eigenvalue weighted by Crippen LogP contribution is 2.24. The zero-order valence-electron chi connectivity index (χ0n) is 13.3. The van der Waals surface area contributed by atoms with Gasteiger partial charge in [-0.15, -0.1) is 11.3 Å². The van der Waals surface area contributed by atoms with Crippen LogP contribution in [0.4, 0.5) is 0 Å². The average molecular weight is 358 g/mol. The fourth-order valence-electron chi connectivity index (χ4n) is 3.26. The Morgan fingerprint density at radius 3 is 2.78 bits per heavy atom. The molecule has 2 aliphatic rings. The van der Waals surface area contributed by atoms with Gasteiger partial charge in [0, 0.05) is 37.1 Å². The van der Waals surface area contributed by atoms with E-state index in [1.54, 1.807) is 11.3 Å². The summed E-state index contributed by atoms with van der Waals surface area (Å²) in [5.74, 6) is 0.177. The molecule has 3 heterocycles. The summed E-state index contributed by atoms with van der Waals surface area (Å²) >= 11 is 1.78. The maximum absolute atomic E-state index is 12.5. The summed E-state index contributed by atoms with van der Waals surface area (Å²) in [5, 5.41) is 2.10. The van der Waals surface area contributed by atoms with Crippen molar-refractivity contribution in [3.05, 3.63) is 21.9 Å². The van der Waals surface area contributed by atoms with Gasteiger partial charge in [-0.1, -0.05) is 0 Å². The molecule has 0 saturated carbocycles. The molecule has 1 amide bonds. The number of rotatable bonds is 4. The first kappa shape index (κ1) is 16.9. The van der Waals surface area contributed by atoms with E-state index in [9.17, 15) is 13.2 Å². The van der Waals surface area contributed by atoms with Gasteiger partial charge < -0.3 is 4.90 Å². The van der Waals surface area contributed by atoms with Crippen LogP contribution in [0.25, 0.3) is 0 Å². The Kier molecular flexibility index (Phi) is 5.05. The summed E-state index contributed by atoms with van der Waals surface area (Å²) in [6.07, 6.45) is 3.67. The Labute approximate surface area is 141 Å². The van der Waals surface area contributed by atoms with Crippen molar-refractivity contribution in [1.82, 2.24) is 14.5 Å². The lowest BCUT2D eigenvalue weighted by Gasteiger charge is -2.34. The third kappa shape index (κ3) is 4.53. The molecule has 23 heavy (non-hydrogen) atoms. The summed E-state index contributed by atoms with van der Waals surface area (Å²) in [7, 11) is -3.15. The highest BCUT2D eigenvalue weighted by molar-refractivity contribution is 7.88. The average Bonchev–Trinajstić information content (AvgIpc) is 2.95. The van der Waals surface area contributed by atoms with E-state index in [4.69, 9.17) is 0 Å². The van der Waals surface area contributed by atoms with Crippen LogP contribution in [0.15, 0.2) is 11.4 Å². The number of amides is 1. The number of nitrogens with zero attached hydrogens (tertiary/aromatic N) is 2. The van der Waals surface area contributed by atoms with Crippen LogP contribution in [-0.4, -0.2) is 62.6 Å². The first-order chi connectivity index (χ1) is 10.9. The number of likely N-dealkylation sites (tertiary alicyclic amines) is 1. The summed E-state index contributed by atoms with van der Waals surface area (Å²) in [6, 6.07) is 2.11. The highest BCUT2D eigenvalue weighted by Gasteiger charge is 2.26. The van der Waals surface area contributed by atoms with E-state index in [1.165, 1.54) is 16.7 Å². The molecule has 6 nitrogen and oxygen atoms in total. The third-order valence-electron chi connectivity index (χ3n) is 4.49. The van der Waals surface area contributed by atoms with Gasteiger partial charge in [0.2, 0.25) is 15.9 Å². The van der Waals surface area contributed by atoms with Crippen LogP contribution in [0.1, 0.15) is 23.3 Å². The van der Waals surface area contributed by atoms with Crippen LogP contribution in [0.2, 0.25) is 0 Å². The summed E-state index contributed by atoms with van der Waals surface area (Å²) in [4.78, 5) is 18.0. The predicted molar refractivity (Wildman–Crippen MR) is 90.9 cm³/mol. The zero-order valence-corrected chi connectivity index (χ0v) is 15.0. The Morgan fingerprint density at radius 1 is 1.35 bits per heavy atom. The molecule has 1 N–H and O–H groups in total. The SMILES string of the molecule is CS(=O)(=O)NC1CCN(CC(=O)N2CCc3sccc3C2)CC1. The molecule has 3 rings (SSSR count). The smallest absolute Gasteiger partial charge is 0.237 e. The van der Waals surface area contributed by atoms with Crippen molar-refractivity contribution in [3.8, 4) is 0 Å². The third-order valence-corrected chi connectivity index (χ3v) is 6.27. The largest absolute Gasteiger partial charge is 0.337 e. The van der Waals surface area contributed by atoms with Crippen molar-refractivity contribution in [1.29, 1.82) is 0 Å². The second kappa shape index (κ2) is 6.88. The van der Waals surface area contributed by atoms with Gasteiger partial charge in [0.15, 0.2) is 0 Å². The molecule has 0 spiro atoms. The lowest BCUT2D eigenvalue weighted by Crippen LogP contribution is -2.48. The van der Waals surface area contributed by atoms with E-state index in [0.717, 1.165) is 45.4 Å². The quantitative estimate of drug-likeness (QED) is 0.859. The molecular formula is C15H23N3O3S2. The molecule has 1 saturated heterocycles. The summed E-state index contributed by atoms with van der Waals surface area (Å²) < 4.78 is 25.2. The maximum Gasteiger partial charge on any atom is 0.237 e. The minimum Gasteiger partial charge on any atom is -0.337 e. The van der Waals surface area contributed by atoms with E-state index in [1.807, 2.05) is 4.90 Å². The van der Waals surface area contributed by atoms with Gasteiger partial charge in [-0.25, -0.2) is 13.1 Å². The van der Waals surface area contributed by atoms with Gasteiger partial charge in [0.1, 0.15) is 0 Å². The number of hydrogen-bond donors (Lipinski definition) is 1. The first-order valence-electron chi connectivity index (χ1n) is 7.93. The number of hydrogen-bond acceptors (Lipinski definition) is 5. The van der Waals surface area contributed by atoms with Crippen LogP contribution < -0.4 is 4.72 Å². The molecule has 0 unspecified atom stereocenters. The number of thiophene rings is 1. The Morgan fingerprint density at radius 2 is 2.09 bits per heavy atom. The van der Waals surface area contributed by atoms with Crippen molar-refractivity contribution in [2.45, 2.75) is 31.8 Å². The number of fused-ring (bicyclic) bond motifs is 1. The van der Waals surface area contributed by atoms with Gasteiger partial charge in [-0.2, -0.15) is 0 Å². The van der Waals surface area contributed by atoms with Crippen LogP contribution in [0.3, 0.4) is 0 Å². The molecule has 0 bridgehead atoms. The number of carbonyl (C=O) groups excluding carboxylic acids is 1. The fraction of sp³-hybridized carbons (Fsp3) is 0.667. The van der Waals surface area contributed by atoms with Crippen molar-refractivity contribution in [2.24, 2.45) is 0 Å². The molecule has 2 aliphatic heterocycles. The number of sulfonamides is 1. The summed E-state index contributed by atoms with van der Waals surface area (Å²) in [5.41, 5.74) is 1.28. The highest BCUT2D eigenvalue weighted by atomic mass is 32.2. The molecule has 128 valence electrons. The second-order valence-corrected chi connectivity index (χ2v) is 9.16. The van der Waals surface area contributed by atoms with E-state index >= 15 is 0 Å². The Hall–Kier alpha value is -0.960. The van der Waals surface area contributed by atoms with Gasteiger partial charge in [-0.05, 0) is 36.3 Å². The zero-order chi connectivity index (χ0) is 16.4.